The molecule has 0 aromatic heterocycles. The molecular formula is C8H20N2. The molecule has 1 N–H and O–H groups in total. The lowest BCUT2D eigenvalue weighted by Gasteiger charge is -1.98. The summed E-state index contributed by atoms with van der Waals surface area (Å²) in [6, 6.07) is 0. The molecule has 0 unspecified atom stereocenters. The topological polar surface area (TPSA) is 24.4 Å². The Morgan fingerprint density at radius 2 is 1.80 bits per heavy atom. The van der Waals surface area contributed by atoms with Crippen molar-refractivity contribution >= 4 is 5.84 Å². The van der Waals surface area contributed by atoms with Crippen molar-refractivity contribution in [2.75, 3.05) is 13.1 Å². The molecule has 0 aliphatic carbocycles. The average molecular weight is 144 g/mol. The predicted octanol–water partition coefficient (Wildman–Crippen LogP) is 2.06. The minimum Gasteiger partial charge on any atom is -0.374 e. The number of hydrogen-bond donors (Lipinski definition) is 1. The standard InChI is InChI=1S/C6H14N2.C2H6/c1-4-7-6(3)8-5-2;1-2/h4-5H2,1-3H3,(H,7,8);1-2H3. The van der Waals surface area contributed by atoms with E-state index in [1.54, 1.807) is 0 Å². The molecule has 0 saturated heterocycles. The summed E-state index contributed by atoms with van der Waals surface area (Å²) in [6.45, 7) is 11.9. The van der Waals surface area contributed by atoms with Crippen molar-refractivity contribution in [1.82, 2.24) is 5.32 Å². The van der Waals surface area contributed by atoms with Gasteiger partial charge in [0, 0.05) is 13.1 Å². The van der Waals surface area contributed by atoms with Crippen LogP contribution in [0.5, 0.6) is 0 Å². The third-order valence-corrected chi connectivity index (χ3v) is 0.828. The number of hydrogen-bond acceptors (Lipinski definition) is 1. The minimum atomic E-state index is 0.874. The summed E-state index contributed by atoms with van der Waals surface area (Å²) in [5.41, 5.74) is 0. The van der Waals surface area contributed by atoms with Gasteiger partial charge in [0.15, 0.2) is 0 Å². The van der Waals surface area contributed by atoms with Gasteiger partial charge in [-0.3, -0.25) is 4.99 Å². The van der Waals surface area contributed by atoms with E-state index in [1.165, 1.54) is 0 Å². The summed E-state index contributed by atoms with van der Waals surface area (Å²) in [4.78, 5) is 4.12. The van der Waals surface area contributed by atoms with Crippen molar-refractivity contribution in [3.05, 3.63) is 0 Å². The quantitative estimate of drug-likeness (QED) is 0.465. The van der Waals surface area contributed by atoms with E-state index in [1.807, 2.05) is 27.7 Å². The van der Waals surface area contributed by atoms with Gasteiger partial charge >= 0.3 is 0 Å². The molecule has 0 saturated carbocycles. The van der Waals surface area contributed by atoms with Crippen molar-refractivity contribution in [3.63, 3.8) is 0 Å². The first-order valence-electron chi connectivity index (χ1n) is 4.06. The number of amidine groups is 1. The van der Waals surface area contributed by atoms with Crippen LogP contribution in [0.1, 0.15) is 34.6 Å². The summed E-state index contributed by atoms with van der Waals surface area (Å²) in [7, 11) is 0. The van der Waals surface area contributed by atoms with Gasteiger partial charge in [0.25, 0.3) is 0 Å². The van der Waals surface area contributed by atoms with Gasteiger partial charge in [-0.15, -0.1) is 0 Å². The van der Waals surface area contributed by atoms with E-state index in [-0.39, 0.29) is 0 Å². The van der Waals surface area contributed by atoms with Gasteiger partial charge in [-0.05, 0) is 20.8 Å². The first-order valence-corrected chi connectivity index (χ1v) is 4.06. The summed E-state index contributed by atoms with van der Waals surface area (Å²) in [5.74, 6) is 1.04. The van der Waals surface area contributed by atoms with Crippen LogP contribution in [0.4, 0.5) is 0 Å². The summed E-state index contributed by atoms with van der Waals surface area (Å²) in [6.07, 6.45) is 0. The second-order valence-electron chi connectivity index (χ2n) is 1.59. The lowest BCUT2D eigenvalue weighted by Crippen LogP contribution is -2.19. The van der Waals surface area contributed by atoms with Gasteiger partial charge in [-0.2, -0.15) is 0 Å². The Labute approximate surface area is 64.7 Å². The molecule has 0 fully saturated rings. The number of rotatable bonds is 2. The first-order chi connectivity index (χ1) is 4.81. The van der Waals surface area contributed by atoms with Crippen LogP contribution in [0, 0.1) is 0 Å². The minimum absolute atomic E-state index is 0.874. The highest BCUT2D eigenvalue weighted by atomic mass is 15.0. The van der Waals surface area contributed by atoms with Crippen molar-refractivity contribution in [1.29, 1.82) is 0 Å². The summed E-state index contributed by atoms with van der Waals surface area (Å²) < 4.78 is 0. The average Bonchev–Trinajstić information content (AvgIpc) is 1.93. The number of nitrogens with one attached hydrogen (secondary N) is 1. The smallest absolute Gasteiger partial charge is 0.0931 e. The van der Waals surface area contributed by atoms with Crippen LogP contribution >= 0.6 is 0 Å². The molecule has 0 spiro atoms. The monoisotopic (exact) mass is 144 g/mol. The molecule has 0 aromatic rings. The molecule has 62 valence electrons. The van der Waals surface area contributed by atoms with Crippen molar-refractivity contribution in [2.45, 2.75) is 34.6 Å². The Morgan fingerprint density at radius 3 is 2.10 bits per heavy atom. The van der Waals surface area contributed by atoms with Crippen molar-refractivity contribution in [2.24, 2.45) is 4.99 Å². The molecule has 2 nitrogen and oxygen atoms in total. The summed E-state index contributed by atoms with van der Waals surface area (Å²) in [5, 5.41) is 3.10. The van der Waals surface area contributed by atoms with Crippen LogP contribution in [0.3, 0.4) is 0 Å². The lowest BCUT2D eigenvalue weighted by atomic mass is 10.6. The van der Waals surface area contributed by atoms with E-state index in [2.05, 4.69) is 17.2 Å². The first kappa shape index (κ1) is 12.2. The Balaban J connectivity index is 0. The van der Waals surface area contributed by atoms with Crippen LogP contribution in [0.2, 0.25) is 0 Å². The fraction of sp³-hybridized carbons (Fsp3) is 0.875. The van der Waals surface area contributed by atoms with Gasteiger partial charge < -0.3 is 5.32 Å². The molecule has 0 radical (unpaired) electrons. The molecule has 0 aliphatic rings. The maximum Gasteiger partial charge on any atom is 0.0931 e. The molecule has 0 bridgehead atoms. The molecule has 2 heteroatoms. The lowest BCUT2D eigenvalue weighted by molar-refractivity contribution is 0.942. The highest BCUT2D eigenvalue weighted by Crippen LogP contribution is 1.70. The normalized spacial score (nSPS) is 9.90. The van der Waals surface area contributed by atoms with E-state index in [4.69, 9.17) is 0 Å². The fourth-order valence-corrected chi connectivity index (χ4v) is 0.549. The second-order valence-corrected chi connectivity index (χ2v) is 1.59. The van der Waals surface area contributed by atoms with Gasteiger partial charge in [0.05, 0.1) is 5.84 Å². The maximum atomic E-state index is 4.12. The SMILES string of the molecule is CC.CCN=C(C)NCC. The predicted molar refractivity (Wildman–Crippen MR) is 48.7 cm³/mol. The highest BCUT2D eigenvalue weighted by Gasteiger charge is 1.80. The van der Waals surface area contributed by atoms with E-state index < -0.39 is 0 Å². The van der Waals surface area contributed by atoms with Gasteiger partial charge in [0.2, 0.25) is 0 Å². The fourth-order valence-electron chi connectivity index (χ4n) is 0.549. The molecule has 0 rings (SSSR count). The zero-order valence-electron chi connectivity index (χ0n) is 7.86. The number of aliphatic imine (C=N–C) groups is 1. The molecule has 0 aromatic carbocycles. The molecule has 0 heterocycles. The summed E-state index contributed by atoms with van der Waals surface area (Å²) >= 11 is 0. The van der Waals surface area contributed by atoms with Crippen LogP contribution < -0.4 is 5.32 Å². The van der Waals surface area contributed by atoms with Gasteiger partial charge in [-0.25, -0.2) is 0 Å². The van der Waals surface area contributed by atoms with E-state index in [9.17, 15) is 0 Å². The number of nitrogens with zero attached hydrogens (tertiary/aromatic N) is 1. The maximum absolute atomic E-state index is 4.12. The van der Waals surface area contributed by atoms with E-state index in [0.717, 1.165) is 18.9 Å². The molecule has 0 atom stereocenters. The molecular weight excluding hydrogens is 124 g/mol. The second kappa shape index (κ2) is 11.3. The Morgan fingerprint density at radius 1 is 1.30 bits per heavy atom. The Kier molecular flexibility index (Phi) is 13.7. The van der Waals surface area contributed by atoms with E-state index >= 15 is 0 Å². The van der Waals surface area contributed by atoms with Crippen LogP contribution in [0.25, 0.3) is 0 Å². The van der Waals surface area contributed by atoms with Crippen molar-refractivity contribution < 1.29 is 0 Å². The van der Waals surface area contributed by atoms with E-state index in [0.29, 0.717) is 0 Å². The van der Waals surface area contributed by atoms with Gasteiger partial charge in [0.1, 0.15) is 0 Å². The van der Waals surface area contributed by atoms with Crippen LogP contribution in [0.15, 0.2) is 4.99 Å². The third kappa shape index (κ3) is 10.5. The highest BCUT2D eigenvalue weighted by molar-refractivity contribution is 5.79. The molecule has 0 amide bonds. The molecule has 10 heavy (non-hydrogen) atoms. The largest absolute Gasteiger partial charge is 0.374 e. The Bertz CT molecular complexity index is 77.3. The zero-order chi connectivity index (χ0) is 8.41. The van der Waals surface area contributed by atoms with Gasteiger partial charge in [-0.1, -0.05) is 13.8 Å². The van der Waals surface area contributed by atoms with Crippen LogP contribution in [-0.2, 0) is 0 Å². The van der Waals surface area contributed by atoms with Crippen molar-refractivity contribution in [3.8, 4) is 0 Å². The van der Waals surface area contributed by atoms with Crippen LogP contribution in [-0.4, -0.2) is 18.9 Å². The molecule has 0 aliphatic heterocycles. The Hall–Kier alpha value is -0.530. The third-order valence-electron chi connectivity index (χ3n) is 0.828. The zero-order valence-corrected chi connectivity index (χ0v) is 7.86.